The summed E-state index contributed by atoms with van der Waals surface area (Å²) in [6.07, 6.45) is 4.13. The molecule has 0 unspecified atom stereocenters. The second-order valence-corrected chi connectivity index (χ2v) is 5.36. The maximum atomic E-state index is 6.08. The number of hydrogen-bond donors (Lipinski definition) is 1. The van der Waals surface area contributed by atoms with Crippen LogP contribution in [0.25, 0.3) is 11.5 Å². The van der Waals surface area contributed by atoms with E-state index in [1.54, 1.807) is 7.11 Å². The van der Waals surface area contributed by atoms with Gasteiger partial charge in [0.15, 0.2) is 0 Å². The number of anilines is 1. The van der Waals surface area contributed by atoms with Crippen LogP contribution in [0.4, 0.5) is 5.69 Å². The Kier molecular flexibility index (Phi) is 3.22. The highest BCUT2D eigenvalue weighted by atomic mass is 16.5. The Labute approximate surface area is 118 Å². The first kappa shape index (κ1) is 13.1. The first-order chi connectivity index (χ1) is 9.66. The molecule has 2 N–H and O–H groups in total. The fraction of sp³-hybridized carbons (Fsp3) is 0.467. The van der Waals surface area contributed by atoms with Crippen molar-refractivity contribution in [2.45, 2.75) is 38.2 Å². The first-order valence-corrected chi connectivity index (χ1v) is 6.91. The molecule has 20 heavy (non-hydrogen) atoms. The van der Waals surface area contributed by atoms with Gasteiger partial charge in [0, 0.05) is 12.8 Å². The lowest BCUT2D eigenvalue weighted by molar-refractivity contribution is -0.0178. The molecule has 1 fully saturated rings. The number of para-hydroxylation sites is 1. The van der Waals surface area contributed by atoms with Crippen molar-refractivity contribution in [3.63, 3.8) is 0 Å². The summed E-state index contributed by atoms with van der Waals surface area (Å²) in [5.41, 5.74) is 8.17. The van der Waals surface area contributed by atoms with Crippen LogP contribution in [-0.4, -0.2) is 17.3 Å². The number of methoxy groups -OCH3 is 1. The smallest absolute Gasteiger partial charge is 0.260 e. The molecular formula is C15H19N3O2. The highest BCUT2D eigenvalue weighted by Gasteiger charge is 2.40. The highest BCUT2D eigenvalue weighted by Crippen LogP contribution is 2.41. The lowest BCUT2D eigenvalue weighted by atomic mass is 10.0. The number of benzene rings is 1. The molecule has 1 heterocycles. The molecule has 0 radical (unpaired) electrons. The SMILES string of the molecule is COC1(c2noc(-c3cccc(C)c3N)n2)CCCC1. The Hall–Kier alpha value is -1.88. The minimum absolute atomic E-state index is 0.389. The van der Waals surface area contributed by atoms with Gasteiger partial charge in [0.25, 0.3) is 5.89 Å². The van der Waals surface area contributed by atoms with Crippen molar-refractivity contribution in [1.82, 2.24) is 10.1 Å². The number of nitrogens with two attached hydrogens (primary N) is 1. The molecule has 0 bridgehead atoms. The Morgan fingerprint density at radius 2 is 2.05 bits per heavy atom. The lowest BCUT2D eigenvalue weighted by Gasteiger charge is -2.22. The summed E-state index contributed by atoms with van der Waals surface area (Å²) in [5.74, 6) is 1.10. The second kappa shape index (κ2) is 4.90. The van der Waals surface area contributed by atoms with E-state index in [2.05, 4.69) is 10.1 Å². The van der Waals surface area contributed by atoms with Gasteiger partial charge in [-0.2, -0.15) is 4.98 Å². The molecule has 0 atom stereocenters. The maximum Gasteiger partial charge on any atom is 0.260 e. The van der Waals surface area contributed by atoms with Crippen molar-refractivity contribution in [3.05, 3.63) is 29.6 Å². The van der Waals surface area contributed by atoms with E-state index in [0.29, 0.717) is 17.4 Å². The maximum absolute atomic E-state index is 6.08. The van der Waals surface area contributed by atoms with Crippen molar-refractivity contribution in [2.75, 3.05) is 12.8 Å². The van der Waals surface area contributed by atoms with Gasteiger partial charge in [0.2, 0.25) is 5.82 Å². The standard InChI is InChI=1S/C15H19N3O2/c1-10-6-5-7-11(12(10)16)13-17-14(18-20-13)15(19-2)8-3-4-9-15/h5-7H,3-4,8-9,16H2,1-2H3. The predicted octanol–water partition coefficient (Wildman–Crippen LogP) is 3.04. The molecule has 1 aromatic heterocycles. The van der Waals surface area contributed by atoms with E-state index in [1.807, 2.05) is 25.1 Å². The second-order valence-electron chi connectivity index (χ2n) is 5.36. The van der Waals surface area contributed by atoms with Gasteiger partial charge < -0.3 is 15.0 Å². The molecule has 1 aliphatic rings. The van der Waals surface area contributed by atoms with Crippen molar-refractivity contribution >= 4 is 5.69 Å². The minimum Gasteiger partial charge on any atom is -0.398 e. The average Bonchev–Trinajstić information content (AvgIpc) is 3.10. The average molecular weight is 273 g/mol. The van der Waals surface area contributed by atoms with Crippen LogP contribution in [0.5, 0.6) is 0 Å². The monoisotopic (exact) mass is 273 g/mol. The van der Waals surface area contributed by atoms with E-state index in [9.17, 15) is 0 Å². The number of rotatable bonds is 3. The topological polar surface area (TPSA) is 74.2 Å². The molecule has 3 rings (SSSR count). The van der Waals surface area contributed by atoms with Gasteiger partial charge >= 0.3 is 0 Å². The predicted molar refractivity (Wildman–Crippen MR) is 76.0 cm³/mol. The number of aryl methyl sites for hydroxylation is 1. The fourth-order valence-electron chi connectivity index (χ4n) is 2.85. The summed E-state index contributed by atoms with van der Waals surface area (Å²) in [6.45, 7) is 1.96. The number of hydrogen-bond acceptors (Lipinski definition) is 5. The molecule has 0 spiro atoms. The van der Waals surface area contributed by atoms with Crippen LogP contribution >= 0.6 is 0 Å². The van der Waals surface area contributed by atoms with Gasteiger partial charge in [-0.05, 0) is 44.2 Å². The third-order valence-electron chi connectivity index (χ3n) is 4.19. The quantitative estimate of drug-likeness (QED) is 0.870. The lowest BCUT2D eigenvalue weighted by Crippen LogP contribution is -2.25. The number of aromatic nitrogens is 2. The van der Waals surface area contributed by atoms with Crippen molar-refractivity contribution in [2.24, 2.45) is 0 Å². The van der Waals surface area contributed by atoms with Gasteiger partial charge in [-0.1, -0.05) is 17.3 Å². The van der Waals surface area contributed by atoms with Crippen LogP contribution in [0, 0.1) is 6.92 Å². The molecule has 5 nitrogen and oxygen atoms in total. The zero-order chi connectivity index (χ0) is 14.2. The molecule has 2 aromatic rings. The zero-order valence-electron chi connectivity index (χ0n) is 11.8. The van der Waals surface area contributed by atoms with Crippen molar-refractivity contribution in [3.8, 4) is 11.5 Å². The van der Waals surface area contributed by atoms with Crippen LogP contribution < -0.4 is 5.73 Å². The van der Waals surface area contributed by atoms with E-state index in [1.165, 1.54) is 0 Å². The van der Waals surface area contributed by atoms with Gasteiger partial charge in [0.05, 0.1) is 5.56 Å². The van der Waals surface area contributed by atoms with Gasteiger partial charge in [0.1, 0.15) is 5.60 Å². The Bertz CT molecular complexity index is 615. The third kappa shape index (κ3) is 1.98. The molecule has 1 saturated carbocycles. The van der Waals surface area contributed by atoms with Crippen LogP contribution in [0.3, 0.4) is 0 Å². The normalized spacial score (nSPS) is 17.5. The first-order valence-electron chi connectivity index (χ1n) is 6.91. The molecule has 1 aliphatic carbocycles. The van der Waals surface area contributed by atoms with Crippen LogP contribution in [0.15, 0.2) is 22.7 Å². The Morgan fingerprint density at radius 1 is 1.30 bits per heavy atom. The summed E-state index contributed by atoms with van der Waals surface area (Å²) < 4.78 is 11.1. The van der Waals surface area contributed by atoms with Crippen molar-refractivity contribution in [1.29, 1.82) is 0 Å². The zero-order valence-corrected chi connectivity index (χ0v) is 11.8. The molecule has 0 saturated heterocycles. The molecule has 0 aliphatic heterocycles. The van der Waals surface area contributed by atoms with E-state index >= 15 is 0 Å². The Balaban J connectivity index is 2.00. The van der Waals surface area contributed by atoms with Gasteiger partial charge in [-0.3, -0.25) is 0 Å². The van der Waals surface area contributed by atoms with Gasteiger partial charge in [-0.25, -0.2) is 0 Å². The number of ether oxygens (including phenoxy) is 1. The molecule has 5 heteroatoms. The summed E-state index contributed by atoms with van der Waals surface area (Å²) in [5, 5.41) is 4.12. The number of nitrogen functional groups attached to an aromatic ring is 1. The summed E-state index contributed by atoms with van der Waals surface area (Å²) in [4.78, 5) is 4.52. The third-order valence-corrected chi connectivity index (χ3v) is 4.19. The van der Waals surface area contributed by atoms with E-state index in [-0.39, 0.29) is 5.60 Å². The van der Waals surface area contributed by atoms with Crippen molar-refractivity contribution < 1.29 is 9.26 Å². The molecule has 106 valence electrons. The highest BCUT2D eigenvalue weighted by molar-refractivity contribution is 5.73. The van der Waals surface area contributed by atoms with E-state index < -0.39 is 0 Å². The van der Waals surface area contributed by atoms with Crippen LogP contribution in [0.2, 0.25) is 0 Å². The molecule has 0 amide bonds. The van der Waals surface area contributed by atoms with Gasteiger partial charge in [-0.15, -0.1) is 0 Å². The summed E-state index contributed by atoms with van der Waals surface area (Å²) >= 11 is 0. The largest absolute Gasteiger partial charge is 0.398 e. The summed E-state index contributed by atoms with van der Waals surface area (Å²) in [7, 11) is 1.71. The Morgan fingerprint density at radius 3 is 2.75 bits per heavy atom. The summed E-state index contributed by atoms with van der Waals surface area (Å²) in [6, 6.07) is 5.80. The fourth-order valence-corrected chi connectivity index (χ4v) is 2.85. The van der Waals surface area contributed by atoms with Crippen LogP contribution in [0.1, 0.15) is 37.1 Å². The number of nitrogens with zero attached hydrogens (tertiary/aromatic N) is 2. The van der Waals surface area contributed by atoms with Crippen LogP contribution in [-0.2, 0) is 10.3 Å². The molecular weight excluding hydrogens is 254 g/mol. The minimum atomic E-state index is -0.389. The van der Waals surface area contributed by atoms with E-state index in [0.717, 1.165) is 36.8 Å². The molecule has 1 aromatic carbocycles. The van der Waals surface area contributed by atoms with E-state index in [4.69, 9.17) is 15.0 Å².